The number of allylic oxidation sites excluding steroid dienone is 2. The van der Waals surface area contributed by atoms with E-state index in [2.05, 4.69) is 39.5 Å². The van der Waals surface area contributed by atoms with Crippen molar-refractivity contribution in [1.29, 1.82) is 0 Å². The number of carbonyl (C=O) groups is 1. The summed E-state index contributed by atoms with van der Waals surface area (Å²) >= 11 is 3.37. The molecule has 0 saturated heterocycles. The molecule has 0 atom stereocenters. The van der Waals surface area contributed by atoms with Crippen molar-refractivity contribution in [3.8, 4) is 5.75 Å². The fourth-order valence-electron chi connectivity index (χ4n) is 1.88. The van der Waals surface area contributed by atoms with Gasteiger partial charge >= 0.3 is 0 Å². The molecular formula is C15H16BrNO2. The van der Waals surface area contributed by atoms with Crippen LogP contribution in [0.3, 0.4) is 0 Å². The van der Waals surface area contributed by atoms with E-state index in [1.807, 2.05) is 6.07 Å². The van der Waals surface area contributed by atoms with E-state index in [0.717, 1.165) is 22.9 Å². The van der Waals surface area contributed by atoms with Crippen LogP contribution in [0.2, 0.25) is 0 Å². The molecule has 3 nitrogen and oxygen atoms in total. The van der Waals surface area contributed by atoms with Crippen LogP contribution < -0.4 is 10.1 Å². The lowest BCUT2D eigenvalue weighted by Crippen LogP contribution is -2.25. The number of halogens is 1. The zero-order valence-corrected chi connectivity index (χ0v) is 12.4. The Hall–Kier alpha value is -1.55. The highest BCUT2D eigenvalue weighted by Gasteiger charge is 2.09. The third-order valence-electron chi connectivity index (χ3n) is 2.94. The van der Waals surface area contributed by atoms with E-state index in [-0.39, 0.29) is 5.91 Å². The molecule has 0 unspecified atom stereocenters. The topological polar surface area (TPSA) is 38.3 Å². The van der Waals surface area contributed by atoms with Gasteiger partial charge in [0.2, 0.25) is 0 Å². The van der Waals surface area contributed by atoms with Crippen molar-refractivity contribution in [3.63, 3.8) is 0 Å². The van der Waals surface area contributed by atoms with Gasteiger partial charge in [0.05, 0.1) is 11.6 Å². The van der Waals surface area contributed by atoms with Gasteiger partial charge < -0.3 is 10.1 Å². The first-order chi connectivity index (χ1) is 9.20. The summed E-state index contributed by atoms with van der Waals surface area (Å²) in [6, 6.07) is 5.31. The van der Waals surface area contributed by atoms with Gasteiger partial charge in [0, 0.05) is 12.1 Å². The monoisotopic (exact) mass is 321 g/mol. The lowest BCUT2D eigenvalue weighted by molar-refractivity contribution is 0.0957. The Labute approximate surface area is 121 Å². The average molecular weight is 322 g/mol. The van der Waals surface area contributed by atoms with Gasteiger partial charge in [0.1, 0.15) is 5.75 Å². The molecule has 1 aromatic rings. The van der Waals surface area contributed by atoms with Crippen molar-refractivity contribution in [3.05, 3.63) is 52.0 Å². The lowest BCUT2D eigenvalue weighted by atomic mass is 10.1. The third-order valence-corrected chi connectivity index (χ3v) is 3.59. The second-order valence-electron chi connectivity index (χ2n) is 4.29. The van der Waals surface area contributed by atoms with Gasteiger partial charge in [-0.25, -0.2) is 0 Å². The standard InChI is InChI=1S/C15H16BrNO2/c1-19-14-9-12(7-8-13(14)16)15(18)17-10-11-5-3-2-4-6-11/h3,5-9H,2,4,10H2,1H3,(H,17,18). The number of hydrogen-bond acceptors (Lipinski definition) is 2. The van der Waals surface area contributed by atoms with Crippen LogP contribution in [0.5, 0.6) is 5.75 Å². The number of carbonyl (C=O) groups excluding carboxylic acids is 1. The minimum atomic E-state index is -0.0920. The van der Waals surface area contributed by atoms with Crippen molar-refractivity contribution >= 4 is 21.8 Å². The molecule has 0 aliphatic heterocycles. The molecule has 100 valence electrons. The van der Waals surface area contributed by atoms with E-state index in [4.69, 9.17) is 4.74 Å². The fourth-order valence-corrected chi connectivity index (χ4v) is 2.29. The first kappa shape index (κ1) is 13.9. The molecule has 0 aromatic heterocycles. The predicted octanol–water partition coefficient (Wildman–Crippen LogP) is 3.46. The number of ether oxygens (including phenoxy) is 1. The highest BCUT2D eigenvalue weighted by Crippen LogP contribution is 2.25. The normalized spacial score (nSPS) is 13.9. The van der Waals surface area contributed by atoms with E-state index in [1.165, 1.54) is 0 Å². The second-order valence-corrected chi connectivity index (χ2v) is 5.15. The Kier molecular flexibility index (Phi) is 4.80. The number of amides is 1. The summed E-state index contributed by atoms with van der Waals surface area (Å²) in [5, 5.41) is 2.91. The Bertz CT molecular complexity index is 535. The molecule has 1 aromatic carbocycles. The second kappa shape index (κ2) is 6.57. The Balaban J connectivity index is 1.99. The number of rotatable bonds is 4. The first-order valence-electron chi connectivity index (χ1n) is 6.18. The van der Waals surface area contributed by atoms with Crippen LogP contribution in [0.15, 0.2) is 46.5 Å². The van der Waals surface area contributed by atoms with Crippen LogP contribution in [0.25, 0.3) is 0 Å². The van der Waals surface area contributed by atoms with Crippen LogP contribution >= 0.6 is 15.9 Å². The maximum Gasteiger partial charge on any atom is 0.251 e. The van der Waals surface area contributed by atoms with Crippen molar-refractivity contribution in [2.24, 2.45) is 0 Å². The van der Waals surface area contributed by atoms with Crippen molar-refractivity contribution in [2.75, 3.05) is 13.7 Å². The summed E-state index contributed by atoms with van der Waals surface area (Å²) in [6.45, 7) is 0.563. The Morgan fingerprint density at radius 1 is 1.42 bits per heavy atom. The van der Waals surface area contributed by atoms with Crippen LogP contribution in [-0.4, -0.2) is 19.6 Å². The zero-order valence-electron chi connectivity index (χ0n) is 10.8. The maximum absolute atomic E-state index is 12.0. The smallest absolute Gasteiger partial charge is 0.251 e. The molecule has 1 aliphatic carbocycles. The van der Waals surface area contributed by atoms with Crippen LogP contribution in [0.4, 0.5) is 0 Å². The van der Waals surface area contributed by atoms with Gasteiger partial charge in [-0.1, -0.05) is 18.2 Å². The molecule has 0 bridgehead atoms. The van der Waals surface area contributed by atoms with Gasteiger partial charge in [0.15, 0.2) is 0 Å². The highest BCUT2D eigenvalue weighted by atomic mass is 79.9. The van der Waals surface area contributed by atoms with E-state index in [0.29, 0.717) is 17.9 Å². The van der Waals surface area contributed by atoms with Gasteiger partial charge in [-0.15, -0.1) is 0 Å². The van der Waals surface area contributed by atoms with Gasteiger partial charge in [-0.3, -0.25) is 4.79 Å². The molecule has 1 aliphatic rings. The number of nitrogens with one attached hydrogen (secondary N) is 1. The fraction of sp³-hybridized carbons (Fsp3) is 0.267. The summed E-state index contributed by atoms with van der Waals surface area (Å²) in [7, 11) is 1.58. The maximum atomic E-state index is 12.0. The summed E-state index contributed by atoms with van der Waals surface area (Å²) in [4.78, 5) is 12.0. The minimum Gasteiger partial charge on any atom is -0.496 e. The van der Waals surface area contributed by atoms with E-state index in [1.54, 1.807) is 19.2 Å². The van der Waals surface area contributed by atoms with Gasteiger partial charge in [0.25, 0.3) is 5.91 Å². The van der Waals surface area contributed by atoms with Crippen molar-refractivity contribution in [1.82, 2.24) is 5.32 Å². The Morgan fingerprint density at radius 3 is 2.95 bits per heavy atom. The van der Waals surface area contributed by atoms with Crippen LogP contribution in [0, 0.1) is 0 Å². The van der Waals surface area contributed by atoms with Crippen LogP contribution in [0.1, 0.15) is 23.2 Å². The molecule has 0 saturated carbocycles. The summed E-state index contributed by atoms with van der Waals surface area (Å²) in [6.07, 6.45) is 8.48. The number of benzene rings is 1. The average Bonchev–Trinajstić information content (AvgIpc) is 2.46. The third kappa shape index (κ3) is 3.70. The molecule has 0 radical (unpaired) electrons. The molecule has 0 heterocycles. The minimum absolute atomic E-state index is 0.0920. The van der Waals surface area contributed by atoms with Crippen molar-refractivity contribution in [2.45, 2.75) is 12.8 Å². The molecule has 0 fully saturated rings. The van der Waals surface area contributed by atoms with Gasteiger partial charge in [-0.05, 0) is 52.5 Å². The van der Waals surface area contributed by atoms with Crippen molar-refractivity contribution < 1.29 is 9.53 Å². The highest BCUT2D eigenvalue weighted by molar-refractivity contribution is 9.10. The molecule has 0 spiro atoms. The molecular weight excluding hydrogens is 306 g/mol. The number of hydrogen-bond donors (Lipinski definition) is 1. The molecule has 19 heavy (non-hydrogen) atoms. The molecule has 4 heteroatoms. The molecule has 1 N–H and O–H groups in total. The zero-order chi connectivity index (χ0) is 13.7. The Morgan fingerprint density at radius 2 is 2.26 bits per heavy atom. The SMILES string of the molecule is COc1cc(C(=O)NCC2=CCCC=C2)ccc1Br. The van der Waals surface area contributed by atoms with E-state index >= 15 is 0 Å². The van der Waals surface area contributed by atoms with Crippen LogP contribution in [-0.2, 0) is 0 Å². The predicted molar refractivity (Wildman–Crippen MR) is 79.5 cm³/mol. The van der Waals surface area contributed by atoms with E-state index < -0.39 is 0 Å². The largest absolute Gasteiger partial charge is 0.496 e. The van der Waals surface area contributed by atoms with Gasteiger partial charge in [-0.2, -0.15) is 0 Å². The summed E-state index contributed by atoms with van der Waals surface area (Å²) < 4.78 is 6.02. The summed E-state index contributed by atoms with van der Waals surface area (Å²) in [5.41, 5.74) is 1.75. The molecule has 1 amide bonds. The quantitative estimate of drug-likeness (QED) is 0.922. The number of methoxy groups -OCH3 is 1. The van der Waals surface area contributed by atoms with E-state index in [9.17, 15) is 4.79 Å². The molecule has 2 rings (SSSR count). The lowest BCUT2D eigenvalue weighted by Gasteiger charge is -2.10. The summed E-state index contributed by atoms with van der Waals surface area (Å²) in [5.74, 6) is 0.565. The first-order valence-corrected chi connectivity index (χ1v) is 6.97.